The molecule has 3 rings (SSSR count). The first-order valence-corrected chi connectivity index (χ1v) is 6.98. The van der Waals surface area contributed by atoms with Crippen molar-refractivity contribution in [3.05, 3.63) is 65.5 Å². The van der Waals surface area contributed by atoms with E-state index in [-0.39, 0.29) is 5.91 Å². The third kappa shape index (κ3) is 2.74. The van der Waals surface area contributed by atoms with Gasteiger partial charge in [0.2, 0.25) is 0 Å². The van der Waals surface area contributed by atoms with Gasteiger partial charge in [-0.25, -0.2) is 0 Å². The Bertz CT molecular complexity index is 809. The van der Waals surface area contributed by atoms with Gasteiger partial charge in [0, 0.05) is 11.8 Å². The number of hydrogen-bond acceptors (Lipinski definition) is 3. The van der Waals surface area contributed by atoms with Gasteiger partial charge >= 0.3 is 0 Å². The maximum atomic E-state index is 12.5. The first-order valence-electron chi connectivity index (χ1n) is 6.98. The van der Waals surface area contributed by atoms with Crippen LogP contribution in [0, 0.1) is 13.8 Å². The van der Waals surface area contributed by atoms with Crippen molar-refractivity contribution < 1.29 is 4.79 Å². The van der Waals surface area contributed by atoms with Crippen molar-refractivity contribution in [1.29, 1.82) is 0 Å². The molecule has 2 heterocycles. The number of nitrogens with one attached hydrogen (secondary N) is 2. The number of benzene rings is 1. The second kappa shape index (κ2) is 5.81. The molecule has 2 N–H and O–H groups in total. The van der Waals surface area contributed by atoms with E-state index in [1.54, 1.807) is 12.4 Å². The molecule has 0 atom stereocenters. The monoisotopic (exact) mass is 292 g/mol. The lowest BCUT2D eigenvalue weighted by atomic mass is 10.1. The van der Waals surface area contributed by atoms with Gasteiger partial charge in [-0.15, -0.1) is 0 Å². The minimum Gasteiger partial charge on any atom is -0.319 e. The first kappa shape index (κ1) is 14.0. The van der Waals surface area contributed by atoms with Gasteiger partial charge in [-0.05, 0) is 37.6 Å². The molecule has 2 aromatic heterocycles. The average Bonchev–Trinajstić information content (AvgIpc) is 2.96. The van der Waals surface area contributed by atoms with Crippen molar-refractivity contribution in [2.45, 2.75) is 13.8 Å². The van der Waals surface area contributed by atoms with E-state index in [0.29, 0.717) is 16.9 Å². The largest absolute Gasteiger partial charge is 0.319 e. The lowest BCUT2D eigenvalue weighted by molar-refractivity contribution is 0.102. The van der Waals surface area contributed by atoms with Crippen LogP contribution in [0.15, 0.2) is 48.8 Å². The molecule has 0 fully saturated rings. The Labute approximate surface area is 128 Å². The fourth-order valence-electron chi connectivity index (χ4n) is 2.34. The normalized spacial score (nSPS) is 10.5. The van der Waals surface area contributed by atoms with Crippen molar-refractivity contribution in [2.75, 3.05) is 5.32 Å². The van der Waals surface area contributed by atoms with Crippen LogP contribution in [0.2, 0.25) is 0 Å². The van der Waals surface area contributed by atoms with Gasteiger partial charge in [-0.1, -0.05) is 23.8 Å². The molecule has 0 aliphatic carbocycles. The Morgan fingerprint density at radius 3 is 2.77 bits per heavy atom. The van der Waals surface area contributed by atoms with E-state index in [1.807, 2.05) is 50.2 Å². The topological polar surface area (TPSA) is 70.7 Å². The Kier molecular flexibility index (Phi) is 3.70. The van der Waals surface area contributed by atoms with Crippen molar-refractivity contribution >= 4 is 11.6 Å². The molecule has 1 amide bonds. The average molecular weight is 292 g/mol. The Morgan fingerprint density at radius 1 is 1.18 bits per heavy atom. The SMILES string of the molecule is Cc1ccc(C(=O)Nc2cn[nH]c2-c2ccccn2)c(C)c1. The van der Waals surface area contributed by atoms with E-state index in [1.165, 1.54) is 0 Å². The molecular weight excluding hydrogens is 276 g/mol. The molecule has 22 heavy (non-hydrogen) atoms. The zero-order chi connectivity index (χ0) is 15.5. The minimum atomic E-state index is -0.156. The summed E-state index contributed by atoms with van der Waals surface area (Å²) in [5.74, 6) is -0.156. The Morgan fingerprint density at radius 2 is 2.05 bits per heavy atom. The molecule has 1 aromatic carbocycles. The fourth-order valence-corrected chi connectivity index (χ4v) is 2.34. The van der Waals surface area contributed by atoms with Crippen molar-refractivity contribution in [3.8, 4) is 11.4 Å². The van der Waals surface area contributed by atoms with E-state index in [2.05, 4.69) is 20.5 Å². The highest BCUT2D eigenvalue weighted by Crippen LogP contribution is 2.24. The highest BCUT2D eigenvalue weighted by Gasteiger charge is 2.14. The van der Waals surface area contributed by atoms with Gasteiger partial charge in [-0.3, -0.25) is 14.9 Å². The summed E-state index contributed by atoms with van der Waals surface area (Å²) in [7, 11) is 0. The highest BCUT2D eigenvalue weighted by atomic mass is 16.1. The van der Waals surface area contributed by atoms with Crippen LogP contribution in [0.4, 0.5) is 5.69 Å². The lowest BCUT2D eigenvalue weighted by Gasteiger charge is -2.08. The number of carbonyl (C=O) groups excluding carboxylic acids is 1. The van der Waals surface area contributed by atoms with Crippen LogP contribution in [0.1, 0.15) is 21.5 Å². The first-order chi connectivity index (χ1) is 10.6. The maximum Gasteiger partial charge on any atom is 0.256 e. The summed E-state index contributed by atoms with van der Waals surface area (Å²) in [4.78, 5) is 16.7. The summed E-state index contributed by atoms with van der Waals surface area (Å²) < 4.78 is 0. The molecule has 0 radical (unpaired) electrons. The van der Waals surface area contributed by atoms with E-state index >= 15 is 0 Å². The second-order valence-corrected chi connectivity index (χ2v) is 5.15. The predicted molar refractivity (Wildman–Crippen MR) is 85.7 cm³/mol. The quantitative estimate of drug-likeness (QED) is 0.777. The summed E-state index contributed by atoms with van der Waals surface area (Å²) >= 11 is 0. The van der Waals surface area contributed by atoms with E-state index in [4.69, 9.17) is 0 Å². The Balaban J connectivity index is 1.88. The van der Waals surface area contributed by atoms with Crippen LogP contribution >= 0.6 is 0 Å². The second-order valence-electron chi connectivity index (χ2n) is 5.15. The third-order valence-corrected chi connectivity index (χ3v) is 3.44. The lowest BCUT2D eigenvalue weighted by Crippen LogP contribution is -2.13. The van der Waals surface area contributed by atoms with Gasteiger partial charge in [-0.2, -0.15) is 5.10 Å². The van der Waals surface area contributed by atoms with Gasteiger partial charge in [0.1, 0.15) is 5.69 Å². The van der Waals surface area contributed by atoms with E-state index in [0.717, 1.165) is 16.8 Å². The summed E-state index contributed by atoms with van der Waals surface area (Å²) in [6.45, 7) is 3.93. The number of hydrogen-bond donors (Lipinski definition) is 2. The molecule has 0 aliphatic rings. The Hall–Kier alpha value is -2.95. The van der Waals surface area contributed by atoms with Gasteiger partial charge < -0.3 is 5.32 Å². The predicted octanol–water partition coefficient (Wildman–Crippen LogP) is 3.34. The summed E-state index contributed by atoms with van der Waals surface area (Å²) in [6.07, 6.45) is 3.29. The number of amides is 1. The number of anilines is 1. The van der Waals surface area contributed by atoms with E-state index < -0.39 is 0 Å². The number of aromatic nitrogens is 3. The standard InChI is InChI=1S/C17H16N4O/c1-11-6-7-13(12(2)9-11)17(22)20-15-10-19-21-16(15)14-5-3-4-8-18-14/h3-10H,1-2H3,(H,19,21)(H,20,22). The maximum absolute atomic E-state index is 12.5. The van der Waals surface area contributed by atoms with E-state index in [9.17, 15) is 4.79 Å². The number of rotatable bonds is 3. The number of carbonyl (C=O) groups is 1. The molecule has 0 spiro atoms. The van der Waals surface area contributed by atoms with Crippen LogP contribution in [0.25, 0.3) is 11.4 Å². The third-order valence-electron chi connectivity index (χ3n) is 3.44. The summed E-state index contributed by atoms with van der Waals surface area (Å²) in [5, 5.41) is 9.77. The van der Waals surface area contributed by atoms with Crippen LogP contribution in [0.5, 0.6) is 0 Å². The molecule has 0 saturated carbocycles. The molecule has 0 saturated heterocycles. The van der Waals surface area contributed by atoms with Crippen LogP contribution in [0.3, 0.4) is 0 Å². The number of aryl methyl sites for hydroxylation is 2. The smallest absolute Gasteiger partial charge is 0.256 e. The summed E-state index contributed by atoms with van der Waals surface area (Å²) in [5.41, 5.74) is 4.77. The zero-order valence-corrected chi connectivity index (χ0v) is 12.4. The van der Waals surface area contributed by atoms with Crippen LogP contribution in [-0.2, 0) is 0 Å². The van der Waals surface area contributed by atoms with Crippen LogP contribution < -0.4 is 5.32 Å². The van der Waals surface area contributed by atoms with Gasteiger partial charge in [0.15, 0.2) is 0 Å². The molecule has 0 aliphatic heterocycles. The van der Waals surface area contributed by atoms with Crippen molar-refractivity contribution in [3.63, 3.8) is 0 Å². The zero-order valence-electron chi connectivity index (χ0n) is 12.4. The fraction of sp³-hybridized carbons (Fsp3) is 0.118. The molecular formula is C17H16N4O. The van der Waals surface area contributed by atoms with Gasteiger partial charge in [0.05, 0.1) is 17.6 Å². The molecule has 5 heteroatoms. The molecule has 110 valence electrons. The number of aromatic amines is 1. The summed E-state index contributed by atoms with van der Waals surface area (Å²) in [6, 6.07) is 11.3. The molecule has 0 bridgehead atoms. The molecule has 3 aromatic rings. The number of pyridine rings is 1. The van der Waals surface area contributed by atoms with Gasteiger partial charge in [0.25, 0.3) is 5.91 Å². The highest BCUT2D eigenvalue weighted by molar-refractivity contribution is 6.06. The number of nitrogens with zero attached hydrogens (tertiary/aromatic N) is 2. The van der Waals surface area contributed by atoms with Crippen molar-refractivity contribution in [1.82, 2.24) is 15.2 Å². The molecule has 5 nitrogen and oxygen atoms in total. The van der Waals surface area contributed by atoms with Crippen LogP contribution in [-0.4, -0.2) is 21.1 Å². The van der Waals surface area contributed by atoms with Crippen molar-refractivity contribution in [2.24, 2.45) is 0 Å². The minimum absolute atomic E-state index is 0.156. The molecule has 0 unspecified atom stereocenters. The number of H-pyrrole nitrogens is 1.